The van der Waals surface area contributed by atoms with Crippen molar-refractivity contribution in [3.63, 3.8) is 0 Å². The van der Waals surface area contributed by atoms with Crippen molar-refractivity contribution >= 4 is 46.0 Å². The number of nitrogens with one attached hydrogen (secondary N) is 1. The van der Waals surface area contributed by atoms with Crippen LogP contribution < -0.4 is 5.32 Å². The van der Waals surface area contributed by atoms with Crippen molar-refractivity contribution in [3.05, 3.63) is 62.4 Å². The Kier molecular flexibility index (Phi) is 6.76. The van der Waals surface area contributed by atoms with Gasteiger partial charge in [0.15, 0.2) is 0 Å². The lowest BCUT2D eigenvalue weighted by atomic mass is 10.1. The molecule has 3 aromatic rings. The third-order valence-electron chi connectivity index (χ3n) is 6.41. The highest BCUT2D eigenvalue weighted by molar-refractivity contribution is 6.38. The number of aromatic nitrogens is 2. The molecule has 1 aromatic heterocycles. The molecule has 1 saturated heterocycles. The van der Waals surface area contributed by atoms with Crippen LogP contribution in [-0.4, -0.2) is 45.9 Å². The van der Waals surface area contributed by atoms with Crippen LogP contribution >= 0.6 is 23.2 Å². The van der Waals surface area contributed by atoms with E-state index >= 15 is 0 Å². The van der Waals surface area contributed by atoms with E-state index in [1.807, 2.05) is 0 Å². The highest BCUT2D eigenvalue weighted by Gasteiger charge is 2.35. The quantitative estimate of drug-likeness (QED) is 0.511. The van der Waals surface area contributed by atoms with Crippen LogP contribution in [0.2, 0.25) is 10.0 Å². The Morgan fingerprint density at radius 2 is 1.94 bits per heavy atom. The molecule has 1 aliphatic rings. The number of alkyl halides is 3. The minimum atomic E-state index is -4.48. The number of aryl methyl sites for hydroxylation is 2. The van der Waals surface area contributed by atoms with Gasteiger partial charge in [-0.05, 0) is 55.2 Å². The highest BCUT2D eigenvalue weighted by Crippen LogP contribution is 2.35. The number of imidazole rings is 1. The van der Waals surface area contributed by atoms with Crippen LogP contribution in [0.15, 0.2) is 24.3 Å². The van der Waals surface area contributed by atoms with Gasteiger partial charge in [0.05, 0.1) is 27.2 Å². The van der Waals surface area contributed by atoms with Crippen molar-refractivity contribution in [1.82, 2.24) is 19.8 Å². The minimum absolute atomic E-state index is 0.101. The summed E-state index contributed by atoms with van der Waals surface area (Å²) >= 11 is 13.1. The van der Waals surface area contributed by atoms with Gasteiger partial charge in [-0.2, -0.15) is 13.2 Å². The third-order valence-corrected chi connectivity index (χ3v) is 7.20. The van der Waals surface area contributed by atoms with E-state index in [1.54, 1.807) is 24.6 Å². The molecule has 0 bridgehead atoms. The van der Waals surface area contributed by atoms with Gasteiger partial charge < -0.3 is 14.8 Å². The molecule has 35 heavy (non-hydrogen) atoms. The Balaban J connectivity index is 1.72. The van der Waals surface area contributed by atoms with Crippen LogP contribution in [0.1, 0.15) is 45.7 Å². The zero-order chi connectivity index (χ0) is 25.7. The lowest BCUT2D eigenvalue weighted by Gasteiger charge is -2.24. The number of benzene rings is 2. The fraction of sp³-hybridized carbons (Fsp3) is 0.375. The fourth-order valence-electron chi connectivity index (χ4n) is 4.51. The van der Waals surface area contributed by atoms with Gasteiger partial charge in [-0.25, -0.2) is 4.98 Å². The lowest BCUT2D eigenvalue weighted by molar-refractivity contribution is -0.137. The maximum atomic E-state index is 13.3. The smallest absolute Gasteiger partial charge is 0.357 e. The van der Waals surface area contributed by atoms with Gasteiger partial charge in [-0.1, -0.05) is 23.2 Å². The van der Waals surface area contributed by atoms with E-state index < -0.39 is 17.8 Å². The van der Waals surface area contributed by atoms with Gasteiger partial charge >= 0.3 is 6.18 Å². The number of amides is 2. The second kappa shape index (κ2) is 9.35. The average Bonchev–Trinajstić information content (AvgIpc) is 3.41. The Labute approximate surface area is 210 Å². The molecule has 11 heteroatoms. The maximum absolute atomic E-state index is 13.3. The molecule has 1 fully saturated rings. The monoisotopic (exact) mass is 526 g/mol. The number of likely N-dealkylation sites (N-methyl/N-ethyl adjacent to an activating group) is 1. The molecule has 2 aromatic carbocycles. The molecule has 1 aliphatic heterocycles. The summed E-state index contributed by atoms with van der Waals surface area (Å²) in [5, 5.41) is 3.01. The molecule has 186 valence electrons. The lowest BCUT2D eigenvalue weighted by Crippen LogP contribution is -2.45. The minimum Gasteiger partial charge on any atom is -0.357 e. The first-order chi connectivity index (χ1) is 16.4. The van der Waals surface area contributed by atoms with Crippen molar-refractivity contribution in [1.29, 1.82) is 0 Å². The molecular formula is C24H23Cl2F3N4O2. The van der Waals surface area contributed by atoms with Crippen molar-refractivity contribution in [2.75, 3.05) is 13.6 Å². The van der Waals surface area contributed by atoms with Crippen molar-refractivity contribution in [3.8, 4) is 0 Å². The molecule has 2 amide bonds. The van der Waals surface area contributed by atoms with Crippen molar-refractivity contribution < 1.29 is 22.8 Å². The van der Waals surface area contributed by atoms with Crippen LogP contribution in [0, 0.1) is 6.92 Å². The van der Waals surface area contributed by atoms with E-state index in [-0.39, 0.29) is 28.8 Å². The van der Waals surface area contributed by atoms with Gasteiger partial charge in [0.25, 0.3) is 5.91 Å². The van der Waals surface area contributed by atoms with Crippen LogP contribution in [0.5, 0.6) is 0 Å². The van der Waals surface area contributed by atoms with E-state index in [1.165, 1.54) is 18.0 Å². The summed E-state index contributed by atoms with van der Waals surface area (Å²) in [6, 6.07) is 4.63. The third kappa shape index (κ3) is 4.59. The normalized spacial score (nSPS) is 16.2. The molecule has 0 spiro atoms. The summed E-state index contributed by atoms with van der Waals surface area (Å²) in [6.07, 6.45) is -3.12. The van der Waals surface area contributed by atoms with E-state index in [0.717, 1.165) is 12.1 Å². The maximum Gasteiger partial charge on any atom is 0.416 e. The Bertz CT molecular complexity index is 1340. The standard InChI is InChI=1S/C24H23Cl2F3N4O2/c1-12-9-13(24(27,28)29)10-18-21(12)31-19(32(18)3)11-15-16(25)7-6-14(20(15)26)23(35)33-8-4-5-17(33)22(34)30-2/h6-7,9-10,17H,4-5,8,11H2,1-3H3,(H,30,34)/t17-/m0/s1. The molecule has 1 N–H and O–H groups in total. The zero-order valence-electron chi connectivity index (χ0n) is 19.3. The summed E-state index contributed by atoms with van der Waals surface area (Å²) in [5.41, 5.74) is 1.06. The van der Waals surface area contributed by atoms with E-state index in [9.17, 15) is 22.8 Å². The first-order valence-corrected chi connectivity index (χ1v) is 11.7. The number of hydrogen-bond donors (Lipinski definition) is 1. The van der Waals surface area contributed by atoms with Gasteiger partial charge in [0.2, 0.25) is 5.91 Å². The first kappa shape index (κ1) is 25.3. The molecule has 0 aliphatic carbocycles. The molecule has 4 rings (SSSR count). The van der Waals surface area contributed by atoms with Crippen LogP contribution in [0.3, 0.4) is 0 Å². The molecule has 0 saturated carbocycles. The zero-order valence-corrected chi connectivity index (χ0v) is 20.8. The molecular weight excluding hydrogens is 504 g/mol. The predicted molar refractivity (Wildman–Crippen MR) is 128 cm³/mol. The number of hydrogen-bond acceptors (Lipinski definition) is 3. The second-order valence-electron chi connectivity index (χ2n) is 8.58. The van der Waals surface area contributed by atoms with Crippen LogP contribution in [-0.2, 0) is 24.4 Å². The Morgan fingerprint density at radius 1 is 1.23 bits per heavy atom. The van der Waals surface area contributed by atoms with E-state index in [0.29, 0.717) is 52.4 Å². The number of nitrogens with zero attached hydrogens (tertiary/aromatic N) is 3. The van der Waals surface area contributed by atoms with E-state index in [2.05, 4.69) is 10.3 Å². The molecule has 2 heterocycles. The van der Waals surface area contributed by atoms with Crippen molar-refractivity contribution in [2.45, 2.75) is 38.4 Å². The molecule has 6 nitrogen and oxygen atoms in total. The number of fused-ring (bicyclic) bond motifs is 1. The second-order valence-corrected chi connectivity index (χ2v) is 9.37. The number of carbonyl (C=O) groups is 2. The average molecular weight is 527 g/mol. The summed E-state index contributed by atoms with van der Waals surface area (Å²) in [5.74, 6) is -0.177. The van der Waals surface area contributed by atoms with Gasteiger partial charge in [-0.3, -0.25) is 9.59 Å². The Hall–Kier alpha value is -2.78. The molecule has 0 radical (unpaired) electrons. The summed E-state index contributed by atoms with van der Waals surface area (Å²) in [4.78, 5) is 31.5. The predicted octanol–water partition coefficient (Wildman–Crippen LogP) is 5.15. The van der Waals surface area contributed by atoms with Crippen LogP contribution in [0.25, 0.3) is 11.0 Å². The number of halogens is 5. The summed E-state index contributed by atoms with van der Waals surface area (Å²) in [6.45, 7) is 2.00. The summed E-state index contributed by atoms with van der Waals surface area (Å²) < 4.78 is 41.5. The van der Waals surface area contributed by atoms with Gasteiger partial charge in [0.1, 0.15) is 11.9 Å². The SMILES string of the molecule is CNC(=O)[C@@H]1CCCN1C(=O)c1ccc(Cl)c(Cc2nc3c(C)cc(C(F)(F)F)cc3n2C)c1Cl. The van der Waals surface area contributed by atoms with E-state index in [4.69, 9.17) is 23.2 Å². The Morgan fingerprint density at radius 3 is 2.60 bits per heavy atom. The largest absolute Gasteiger partial charge is 0.416 e. The number of carbonyl (C=O) groups excluding carboxylic acids is 2. The molecule has 1 atom stereocenters. The highest BCUT2D eigenvalue weighted by atomic mass is 35.5. The number of likely N-dealkylation sites (tertiary alicyclic amines) is 1. The first-order valence-electron chi connectivity index (χ1n) is 11.0. The fourth-order valence-corrected chi connectivity index (χ4v) is 5.10. The van der Waals surface area contributed by atoms with Gasteiger partial charge in [-0.15, -0.1) is 0 Å². The van der Waals surface area contributed by atoms with Crippen LogP contribution in [0.4, 0.5) is 13.2 Å². The molecule has 0 unspecified atom stereocenters. The topological polar surface area (TPSA) is 67.2 Å². The van der Waals surface area contributed by atoms with Crippen molar-refractivity contribution in [2.24, 2.45) is 7.05 Å². The summed E-state index contributed by atoms with van der Waals surface area (Å²) in [7, 11) is 3.15. The van der Waals surface area contributed by atoms with Gasteiger partial charge in [0, 0.05) is 32.1 Å². The number of rotatable bonds is 4.